The summed E-state index contributed by atoms with van der Waals surface area (Å²) in [4.78, 5) is 51.3. The summed E-state index contributed by atoms with van der Waals surface area (Å²) >= 11 is 0. The highest BCUT2D eigenvalue weighted by molar-refractivity contribution is 5.90. The summed E-state index contributed by atoms with van der Waals surface area (Å²) in [6.45, 7) is 2.28. The third-order valence-corrected chi connectivity index (χ3v) is 6.14. The van der Waals surface area contributed by atoms with Crippen LogP contribution in [0.2, 0.25) is 0 Å². The van der Waals surface area contributed by atoms with Crippen LogP contribution >= 0.6 is 0 Å². The molecule has 8 heteroatoms. The van der Waals surface area contributed by atoms with Crippen LogP contribution in [0.3, 0.4) is 0 Å². The van der Waals surface area contributed by atoms with Crippen molar-refractivity contribution in [1.29, 1.82) is 0 Å². The number of unbranched alkanes of at least 4 members (excludes halogenated alkanes) is 1. The molecule has 0 fully saturated rings. The molecule has 0 aliphatic carbocycles. The fraction of sp³-hybridized carbons (Fsp3) is 0.241. The van der Waals surface area contributed by atoms with Crippen molar-refractivity contribution in [2.45, 2.75) is 45.8 Å². The van der Waals surface area contributed by atoms with Crippen LogP contribution in [0.4, 0.5) is 5.69 Å². The molecule has 4 aromatic rings. The molecule has 0 saturated carbocycles. The quantitative estimate of drug-likeness (QED) is 0.326. The van der Waals surface area contributed by atoms with Gasteiger partial charge in [-0.2, -0.15) is 0 Å². The average Bonchev–Trinajstić information content (AvgIpc) is 2.91. The van der Waals surface area contributed by atoms with Crippen molar-refractivity contribution in [3.05, 3.63) is 111 Å². The normalized spacial score (nSPS) is 10.8. The van der Waals surface area contributed by atoms with Crippen molar-refractivity contribution in [2.75, 3.05) is 5.32 Å². The molecule has 0 radical (unpaired) electrons. The zero-order chi connectivity index (χ0) is 26.2. The van der Waals surface area contributed by atoms with E-state index in [9.17, 15) is 19.2 Å². The molecule has 0 atom stereocenters. The van der Waals surface area contributed by atoms with Gasteiger partial charge in [0.2, 0.25) is 11.8 Å². The number of rotatable bonds is 10. The first-order valence-electron chi connectivity index (χ1n) is 12.3. The number of benzene rings is 3. The predicted molar refractivity (Wildman–Crippen MR) is 144 cm³/mol. The Morgan fingerprint density at radius 3 is 2.24 bits per heavy atom. The molecule has 1 heterocycles. The fourth-order valence-corrected chi connectivity index (χ4v) is 4.13. The van der Waals surface area contributed by atoms with Gasteiger partial charge in [0, 0.05) is 25.2 Å². The molecule has 3 aromatic carbocycles. The first-order chi connectivity index (χ1) is 17.9. The van der Waals surface area contributed by atoms with Gasteiger partial charge < -0.3 is 10.6 Å². The van der Waals surface area contributed by atoms with Gasteiger partial charge in [-0.15, -0.1) is 0 Å². The molecule has 2 N–H and O–H groups in total. The van der Waals surface area contributed by atoms with Crippen LogP contribution in [0.1, 0.15) is 30.4 Å². The largest absolute Gasteiger partial charge is 0.350 e. The second kappa shape index (κ2) is 12.0. The van der Waals surface area contributed by atoms with Crippen LogP contribution in [0.25, 0.3) is 10.9 Å². The molecule has 0 bridgehead atoms. The van der Waals surface area contributed by atoms with Crippen LogP contribution in [-0.4, -0.2) is 20.9 Å². The number of carbonyl (C=O) groups is 2. The summed E-state index contributed by atoms with van der Waals surface area (Å²) in [7, 11) is 0. The highest BCUT2D eigenvalue weighted by atomic mass is 16.2. The topological polar surface area (TPSA) is 102 Å². The van der Waals surface area contributed by atoms with E-state index < -0.39 is 11.2 Å². The number of nitrogens with zero attached hydrogens (tertiary/aromatic N) is 2. The van der Waals surface area contributed by atoms with Crippen molar-refractivity contribution in [2.24, 2.45) is 0 Å². The molecule has 37 heavy (non-hydrogen) atoms. The molecule has 0 aliphatic heterocycles. The first kappa shape index (κ1) is 25.6. The van der Waals surface area contributed by atoms with E-state index in [1.54, 1.807) is 24.3 Å². The van der Waals surface area contributed by atoms with Crippen molar-refractivity contribution < 1.29 is 9.59 Å². The van der Waals surface area contributed by atoms with E-state index in [4.69, 9.17) is 0 Å². The average molecular weight is 499 g/mol. The molecule has 0 unspecified atom stereocenters. The first-order valence-corrected chi connectivity index (χ1v) is 12.3. The van der Waals surface area contributed by atoms with Crippen LogP contribution in [0.15, 0.2) is 88.5 Å². The van der Waals surface area contributed by atoms with E-state index in [1.807, 2.05) is 61.5 Å². The van der Waals surface area contributed by atoms with E-state index in [0.717, 1.165) is 21.4 Å². The standard InChI is InChI=1S/C29H30N4O4/c1-21-14-16-23(17-15-21)31-26(34)13-7-8-18-32-28(36)24-11-5-6-12-25(24)33(29(32)37)20-27(35)30-19-22-9-3-2-4-10-22/h2-6,9-12,14-17H,7-8,13,18-20H2,1H3,(H,30,35)(H,31,34). The van der Waals surface area contributed by atoms with Gasteiger partial charge in [0.05, 0.1) is 10.9 Å². The maximum Gasteiger partial charge on any atom is 0.331 e. The van der Waals surface area contributed by atoms with Gasteiger partial charge in [-0.05, 0) is 49.6 Å². The number of para-hydroxylation sites is 1. The minimum Gasteiger partial charge on any atom is -0.350 e. The van der Waals surface area contributed by atoms with Crippen molar-refractivity contribution in [1.82, 2.24) is 14.5 Å². The second-order valence-electron chi connectivity index (χ2n) is 8.98. The Balaban J connectivity index is 1.43. The molecule has 0 spiro atoms. The van der Waals surface area contributed by atoms with E-state index in [-0.39, 0.29) is 31.3 Å². The molecule has 1 aromatic heterocycles. The SMILES string of the molecule is Cc1ccc(NC(=O)CCCCn2c(=O)c3ccccc3n(CC(=O)NCc3ccccc3)c2=O)cc1. The Morgan fingerprint density at radius 2 is 1.49 bits per heavy atom. The minimum absolute atomic E-state index is 0.123. The van der Waals surface area contributed by atoms with E-state index in [0.29, 0.717) is 30.3 Å². The Hall–Kier alpha value is -4.46. The Bertz CT molecular complexity index is 1510. The number of carbonyl (C=O) groups excluding carboxylic acids is 2. The summed E-state index contributed by atoms with van der Waals surface area (Å²) < 4.78 is 2.49. The highest BCUT2D eigenvalue weighted by Crippen LogP contribution is 2.11. The summed E-state index contributed by atoms with van der Waals surface area (Å²) in [5, 5.41) is 6.05. The lowest BCUT2D eigenvalue weighted by Crippen LogP contribution is -2.42. The lowest BCUT2D eigenvalue weighted by Gasteiger charge is -2.14. The zero-order valence-electron chi connectivity index (χ0n) is 20.8. The van der Waals surface area contributed by atoms with E-state index in [1.165, 1.54) is 4.57 Å². The minimum atomic E-state index is -0.539. The Labute approximate surface area is 214 Å². The van der Waals surface area contributed by atoms with Crippen LogP contribution in [0.5, 0.6) is 0 Å². The molecule has 8 nitrogen and oxygen atoms in total. The number of hydrogen-bond donors (Lipinski definition) is 2. The lowest BCUT2D eigenvalue weighted by atomic mass is 10.2. The van der Waals surface area contributed by atoms with Crippen molar-refractivity contribution in [3.63, 3.8) is 0 Å². The number of anilines is 1. The third-order valence-electron chi connectivity index (χ3n) is 6.14. The maximum atomic E-state index is 13.3. The highest BCUT2D eigenvalue weighted by Gasteiger charge is 2.15. The Morgan fingerprint density at radius 1 is 0.784 bits per heavy atom. The maximum absolute atomic E-state index is 13.3. The van der Waals surface area contributed by atoms with Crippen molar-refractivity contribution >= 4 is 28.4 Å². The number of aryl methyl sites for hydroxylation is 1. The lowest BCUT2D eigenvalue weighted by molar-refractivity contribution is -0.122. The fourth-order valence-electron chi connectivity index (χ4n) is 4.13. The third kappa shape index (κ3) is 6.61. The smallest absolute Gasteiger partial charge is 0.331 e. The van der Waals surface area contributed by atoms with E-state index in [2.05, 4.69) is 10.6 Å². The molecule has 190 valence electrons. The van der Waals surface area contributed by atoms with Gasteiger partial charge in [0.1, 0.15) is 6.54 Å². The summed E-state index contributed by atoms with van der Waals surface area (Å²) in [5.41, 5.74) is 2.27. The molecule has 0 aliphatic rings. The van der Waals surface area contributed by atoms with Crippen LogP contribution in [-0.2, 0) is 29.2 Å². The number of nitrogens with one attached hydrogen (secondary N) is 2. The molecule has 4 rings (SSSR count). The summed E-state index contributed by atoms with van der Waals surface area (Å²) in [6, 6.07) is 23.8. The van der Waals surface area contributed by atoms with Crippen LogP contribution < -0.4 is 21.9 Å². The van der Waals surface area contributed by atoms with Crippen LogP contribution in [0, 0.1) is 6.92 Å². The zero-order valence-corrected chi connectivity index (χ0v) is 20.8. The van der Waals surface area contributed by atoms with Gasteiger partial charge in [0.25, 0.3) is 5.56 Å². The van der Waals surface area contributed by atoms with Gasteiger partial charge in [-0.3, -0.25) is 23.5 Å². The van der Waals surface area contributed by atoms with E-state index >= 15 is 0 Å². The summed E-state index contributed by atoms with van der Waals surface area (Å²) in [6.07, 6.45) is 1.25. The number of amides is 2. The van der Waals surface area contributed by atoms with Gasteiger partial charge in [-0.1, -0.05) is 60.2 Å². The summed E-state index contributed by atoms with van der Waals surface area (Å²) in [5.74, 6) is -0.448. The van der Waals surface area contributed by atoms with Gasteiger partial charge >= 0.3 is 5.69 Å². The molecule has 0 saturated heterocycles. The number of aromatic nitrogens is 2. The van der Waals surface area contributed by atoms with Gasteiger partial charge in [0.15, 0.2) is 0 Å². The van der Waals surface area contributed by atoms with Crippen molar-refractivity contribution in [3.8, 4) is 0 Å². The van der Waals surface area contributed by atoms with Gasteiger partial charge in [-0.25, -0.2) is 4.79 Å². The predicted octanol–water partition coefficient (Wildman–Crippen LogP) is 3.60. The second-order valence-corrected chi connectivity index (χ2v) is 8.98. The molecule has 2 amide bonds. The molecular formula is C29H30N4O4. The number of fused-ring (bicyclic) bond motifs is 1. The molecular weight excluding hydrogens is 468 g/mol. The number of hydrogen-bond acceptors (Lipinski definition) is 4. The Kier molecular flexibility index (Phi) is 8.30. The monoisotopic (exact) mass is 498 g/mol.